The normalized spacial score (nSPS) is 14.8. The first kappa shape index (κ1) is 17.6. The number of fused-ring (bicyclic) bond motifs is 1. The fourth-order valence-electron chi connectivity index (χ4n) is 3.08. The van der Waals surface area contributed by atoms with Crippen LogP contribution in [-0.2, 0) is 34.2 Å². The van der Waals surface area contributed by atoms with Crippen molar-refractivity contribution in [2.75, 3.05) is 18.1 Å². The van der Waals surface area contributed by atoms with Gasteiger partial charge >= 0.3 is 0 Å². The summed E-state index contributed by atoms with van der Waals surface area (Å²) in [6, 6.07) is 13.5. The number of hydrogen-bond donors (Lipinski definition) is 1. The summed E-state index contributed by atoms with van der Waals surface area (Å²) in [6.07, 6.45) is 2.24. The van der Waals surface area contributed by atoms with Gasteiger partial charge in [0.1, 0.15) is 0 Å². The zero-order valence-corrected chi connectivity index (χ0v) is 15.3. The Morgan fingerprint density at radius 2 is 1.92 bits per heavy atom. The second-order valence-electron chi connectivity index (χ2n) is 6.48. The number of nitrogens with zero attached hydrogens (tertiary/aromatic N) is 1. The molecule has 0 atom stereocenters. The van der Waals surface area contributed by atoms with Gasteiger partial charge in [-0.3, -0.25) is 4.79 Å². The lowest BCUT2D eigenvalue weighted by Crippen LogP contribution is -2.35. The summed E-state index contributed by atoms with van der Waals surface area (Å²) >= 11 is 0. The SMILES string of the molecule is Cc1ccccc1CC(=O)Nc1ccc2c(c1)CN(S(C)(=O)=O)CC2. The number of anilines is 1. The zero-order chi connectivity index (χ0) is 18.0. The van der Waals surface area contributed by atoms with Gasteiger partial charge in [-0.1, -0.05) is 30.3 Å². The largest absolute Gasteiger partial charge is 0.326 e. The minimum atomic E-state index is -3.20. The van der Waals surface area contributed by atoms with Gasteiger partial charge in [-0.2, -0.15) is 4.31 Å². The van der Waals surface area contributed by atoms with Crippen molar-refractivity contribution in [3.05, 3.63) is 64.7 Å². The van der Waals surface area contributed by atoms with E-state index in [0.29, 0.717) is 31.6 Å². The fraction of sp³-hybridized carbons (Fsp3) is 0.316. The minimum absolute atomic E-state index is 0.0787. The van der Waals surface area contributed by atoms with E-state index in [1.54, 1.807) is 0 Å². The number of benzene rings is 2. The summed E-state index contributed by atoms with van der Waals surface area (Å²) < 4.78 is 25.0. The second-order valence-corrected chi connectivity index (χ2v) is 8.46. The molecule has 0 fully saturated rings. The van der Waals surface area contributed by atoms with Gasteiger partial charge in [-0.25, -0.2) is 8.42 Å². The topological polar surface area (TPSA) is 66.5 Å². The van der Waals surface area contributed by atoms with Gasteiger partial charge in [0.05, 0.1) is 12.7 Å². The van der Waals surface area contributed by atoms with Crippen LogP contribution in [0.25, 0.3) is 0 Å². The van der Waals surface area contributed by atoms with Crippen LogP contribution in [0.15, 0.2) is 42.5 Å². The van der Waals surface area contributed by atoms with E-state index in [4.69, 9.17) is 0 Å². The molecule has 1 heterocycles. The maximum Gasteiger partial charge on any atom is 0.228 e. The monoisotopic (exact) mass is 358 g/mol. The molecule has 5 nitrogen and oxygen atoms in total. The van der Waals surface area contributed by atoms with Gasteiger partial charge < -0.3 is 5.32 Å². The molecular weight excluding hydrogens is 336 g/mol. The molecule has 1 N–H and O–H groups in total. The first-order valence-electron chi connectivity index (χ1n) is 8.24. The number of nitrogens with one attached hydrogen (secondary N) is 1. The van der Waals surface area contributed by atoms with Crippen molar-refractivity contribution in [1.29, 1.82) is 0 Å². The molecule has 0 aromatic heterocycles. The smallest absolute Gasteiger partial charge is 0.228 e. The summed E-state index contributed by atoms with van der Waals surface area (Å²) in [5.41, 5.74) is 4.88. The van der Waals surface area contributed by atoms with E-state index in [0.717, 1.165) is 22.3 Å². The van der Waals surface area contributed by atoms with Gasteiger partial charge in [0.2, 0.25) is 15.9 Å². The molecule has 1 aliphatic heterocycles. The molecule has 3 rings (SSSR count). The molecule has 2 aromatic rings. The van der Waals surface area contributed by atoms with Crippen molar-refractivity contribution in [3.63, 3.8) is 0 Å². The van der Waals surface area contributed by atoms with Crippen LogP contribution in [0.1, 0.15) is 22.3 Å². The molecule has 0 bridgehead atoms. The van der Waals surface area contributed by atoms with E-state index in [2.05, 4.69) is 5.32 Å². The Morgan fingerprint density at radius 1 is 1.16 bits per heavy atom. The lowest BCUT2D eigenvalue weighted by atomic mass is 10.0. The Hall–Kier alpha value is -2.18. The Labute approximate surface area is 148 Å². The van der Waals surface area contributed by atoms with Crippen LogP contribution in [0.5, 0.6) is 0 Å². The van der Waals surface area contributed by atoms with Gasteiger partial charge in [0.15, 0.2) is 0 Å². The molecule has 25 heavy (non-hydrogen) atoms. The third kappa shape index (κ3) is 4.27. The third-order valence-electron chi connectivity index (χ3n) is 4.55. The predicted octanol–water partition coefficient (Wildman–Crippen LogP) is 2.49. The van der Waals surface area contributed by atoms with Gasteiger partial charge in [-0.05, 0) is 47.7 Å². The van der Waals surface area contributed by atoms with Crippen LogP contribution in [0.3, 0.4) is 0 Å². The van der Waals surface area contributed by atoms with Crippen molar-refractivity contribution in [2.24, 2.45) is 0 Å². The van der Waals surface area contributed by atoms with Crippen LogP contribution in [0.2, 0.25) is 0 Å². The number of carbonyl (C=O) groups is 1. The molecule has 1 amide bonds. The molecule has 2 aromatic carbocycles. The third-order valence-corrected chi connectivity index (χ3v) is 5.80. The molecule has 0 radical (unpaired) electrons. The summed E-state index contributed by atoms with van der Waals surface area (Å²) in [5.74, 6) is -0.0787. The van der Waals surface area contributed by atoms with Gasteiger partial charge in [-0.15, -0.1) is 0 Å². The van der Waals surface area contributed by atoms with Gasteiger partial charge in [0.25, 0.3) is 0 Å². The molecular formula is C19H22N2O3S. The average molecular weight is 358 g/mol. The van der Waals surface area contributed by atoms with Crippen LogP contribution >= 0.6 is 0 Å². The lowest BCUT2D eigenvalue weighted by Gasteiger charge is -2.27. The van der Waals surface area contributed by atoms with Crippen LogP contribution in [0, 0.1) is 6.92 Å². The van der Waals surface area contributed by atoms with E-state index in [1.165, 1.54) is 10.6 Å². The molecule has 0 aliphatic carbocycles. The highest BCUT2D eigenvalue weighted by Gasteiger charge is 2.23. The highest BCUT2D eigenvalue weighted by Crippen LogP contribution is 2.24. The molecule has 6 heteroatoms. The average Bonchev–Trinajstić information content (AvgIpc) is 2.55. The Kier molecular flexibility index (Phi) is 4.92. The minimum Gasteiger partial charge on any atom is -0.326 e. The quantitative estimate of drug-likeness (QED) is 0.913. The first-order chi connectivity index (χ1) is 11.8. The maximum absolute atomic E-state index is 12.3. The Bertz CT molecular complexity index is 907. The fourth-order valence-corrected chi connectivity index (χ4v) is 3.88. The van der Waals surface area contributed by atoms with Crippen molar-refractivity contribution in [2.45, 2.75) is 26.3 Å². The van der Waals surface area contributed by atoms with Crippen molar-refractivity contribution < 1.29 is 13.2 Å². The van der Waals surface area contributed by atoms with E-state index in [9.17, 15) is 13.2 Å². The number of rotatable bonds is 4. The maximum atomic E-state index is 12.3. The van der Waals surface area contributed by atoms with Gasteiger partial charge in [0, 0.05) is 18.8 Å². The summed E-state index contributed by atoms with van der Waals surface area (Å²) in [5, 5.41) is 2.91. The predicted molar refractivity (Wildman–Crippen MR) is 98.9 cm³/mol. The highest BCUT2D eigenvalue weighted by molar-refractivity contribution is 7.88. The van der Waals surface area contributed by atoms with Crippen molar-refractivity contribution in [1.82, 2.24) is 4.31 Å². The Morgan fingerprint density at radius 3 is 2.64 bits per heavy atom. The summed E-state index contributed by atoms with van der Waals surface area (Å²) in [4.78, 5) is 12.3. The molecule has 1 aliphatic rings. The number of hydrogen-bond acceptors (Lipinski definition) is 3. The van der Waals surface area contributed by atoms with E-state index in [-0.39, 0.29) is 5.91 Å². The second kappa shape index (κ2) is 6.98. The van der Waals surface area contributed by atoms with E-state index in [1.807, 2.05) is 49.4 Å². The first-order valence-corrected chi connectivity index (χ1v) is 10.1. The standard InChI is InChI=1S/C19H22N2O3S/c1-14-5-3-4-6-16(14)12-19(22)20-18-8-7-15-9-10-21(25(2,23)24)13-17(15)11-18/h3-8,11H,9-10,12-13H2,1-2H3,(H,20,22). The number of sulfonamides is 1. The Balaban J connectivity index is 1.72. The molecule has 0 saturated carbocycles. The van der Waals surface area contributed by atoms with E-state index < -0.39 is 10.0 Å². The lowest BCUT2D eigenvalue weighted by molar-refractivity contribution is -0.115. The number of amides is 1. The van der Waals surface area contributed by atoms with Crippen molar-refractivity contribution in [3.8, 4) is 0 Å². The number of carbonyl (C=O) groups excluding carboxylic acids is 1. The molecule has 0 unspecified atom stereocenters. The van der Waals surface area contributed by atoms with Crippen LogP contribution in [0.4, 0.5) is 5.69 Å². The molecule has 132 valence electrons. The summed E-state index contributed by atoms with van der Waals surface area (Å²) in [6.45, 7) is 2.85. The van der Waals surface area contributed by atoms with Crippen LogP contribution in [-0.4, -0.2) is 31.4 Å². The van der Waals surface area contributed by atoms with Crippen molar-refractivity contribution >= 4 is 21.6 Å². The number of aryl methyl sites for hydroxylation is 1. The van der Waals surface area contributed by atoms with E-state index >= 15 is 0 Å². The highest BCUT2D eigenvalue weighted by atomic mass is 32.2. The zero-order valence-electron chi connectivity index (χ0n) is 14.5. The summed E-state index contributed by atoms with van der Waals surface area (Å²) in [7, 11) is -3.20. The van der Waals surface area contributed by atoms with Crippen LogP contribution < -0.4 is 5.32 Å². The molecule has 0 saturated heterocycles. The molecule has 0 spiro atoms.